The van der Waals surface area contributed by atoms with E-state index in [9.17, 15) is 4.79 Å². The summed E-state index contributed by atoms with van der Waals surface area (Å²) in [5.41, 5.74) is 5.70. The van der Waals surface area contributed by atoms with Crippen molar-refractivity contribution in [2.24, 2.45) is 23.0 Å². The molecule has 1 aliphatic rings. The van der Waals surface area contributed by atoms with Crippen LogP contribution in [0, 0.1) is 17.3 Å². The maximum atomic E-state index is 12.1. The summed E-state index contributed by atoms with van der Waals surface area (Å²) in [6.45, 7) is 7.83. The highest BCUT2D eigenvalue weighted by atomic mass is 16.1. The average molecular weight is 226 g/mol. The number of hydrogen-bond donors (Lipinski definition) is 2. The van der Waals surface area contributed by atoms with Gasteiger partial charge in [0.1, 0.15) is 0 Å². The van der Waals surface area contributed by atoms with E-state index in [1.54, 1.807) is 0 Å². The summed E-state index contributed by atoms with van der Waals surface area (Å²) in [6, 6.07) is 0. The van der Waals surface area contributed by atoms with Gasteiger partial charge in [-0.25, -0.2) is 0 Å². The average Bonchev–Trinajstić information content (AvgIpc) is 2.24. The minimum Gasteiger partial charge on any atom is -0.356 e. The summed E-state index contributed by atoms with van der Waals surface area (Å²) in [5.74, 6) is 0.784. The molecule has 0 aliphatic heterocycles. The van der Waals surface area contributed by atoms with Crippen LogP contribution in [0.1, 0.15) is 46.5 Å². The molecule has 1 aliphatic carbocycles. The normalized spacial score (nSPS) is 26.1. The maximum absolute atomic E-state index is 12.1. The standard InChI is InChI=1S/C13H26N2O/c1-10(8-14)9-15-12(16)11-6-4-5-7-13(11,2)3/h10-11H,4-9,14H2,1-3H3,(H,15,16). The van der Waals surface area contributed by atoms with Crippen molar-refractivity contribution in [2.75, 3.05) is 13.1 Å². The van der Waals surface area contributed by atoms with E-state index in [1.807, 2.05) is 0 Å². The Morgan fingerprint density at radius 2 is 2.19 bits per heavy atom. The highest BCUT2D eigenvalue weighted by Crippen LogP contribution is 2.40. The monoisotopic (exact) mass is 226 g/mol. The minimum absolute atomic E-state index is 0.161. The van der Waals surface area contributed by atoms with Crippen LogP contribution in [0.4, 0.5) is 0 Å². The van der Waals surface area contributed by atoms with Crippen LogP contribution in [-0.2, 0) is 4.79 Å². The van der Waals surface area contributed by atoms with Gasteiger partial charge in [0.05, 0.1) is 0 Å². The molecule has 1 rings (SSSR count). The van der Waals surface area contributed by atoms with Crippen molar-refractivity contribution in [1.29, 1.82) is 0 Å². The van der Waals surface area contributed by atoms with E-state index in [-0.39, 0.29) is 17.2 Å². The van der Waals surface area contributed by atoms with Gasteiger partial charge < -0.3 is 11.1 Å². The first-order valence-corrected chi connectivity index (χ1v) is 6.45. The Bertz CT molecular complexity index is 238. The predicted molar refractivity (Wildman–Crippen MR) is 67.0 cm³/mol. The highest BCUT2D eigenvalue weighted by molar-refractivity contribution is 5.79. The molecular weight excluding hydrogens is 200 g/mol. The molecule has 1 fully saturated rings. The Hall–Kier alpha value is -0.570. The molecule has 0 spiro atoms. The SMILES string of the molecule is CC(CN)CNC(=O)C1CCCCC1(C)C. The van der Waals surface area contributed by atoms with Crippen LogP contribution in [0.15, 0.2) is 0 Å². The Morgan fingerprint density at radius 3 is 2.75 bits per heavy atom. The Kier molecular flexibility index (Phi) is 4.78. The highest BCUT2D eigenvalue weighted by Gasteiger charge is 2.36. The third-order valence-corrected chi connectivity index (χ3v) is 3.85. The van der Waals surface area contributed by atoms with Crippen molar-refractivity contribution in [3.63, 3.8) is 0 Å². The van der Waals surface area contributed by atoms with Gasteiger partial charge >= 0.3 is 0 Å². The number of amides is 1. The van der Waals surface area contributed by atoms with Crippen molar-refractivity contribution >= 4 is 5.91 Å². The van der Waals surface area contributed by atoms with Gasteiger partial charge in [0.25, 0.3) is 0 Å². The molecule has 0 aromatic heterocycles. The lowest BCUT2D eigenvalue weighted by Gasteiger charge is -2.37. The number of hydrogen-bond acceptors (Lipinski definition) is 2. The van der Waals surface area contributed by atoms with Gasteiger partial charge in [0.2, 0.25) is 5.91 Å². The smallest absolute Gasteiger partial charge is 0.223 e. The zero-order chi connectivity index (χ0) is 12.2. The first kappa shape index (κ1) is 13.5. The largest absolute Gasteiger partial charge is 0.356 e. The van der Waals surface area contributed by atoms with Gasteiger partial charge in [-0.1, -0.05) is 33.6 Å². The molecule has 94 valence electrons. The van der Waals surface area contributed by atoms with Crippen LogP contribution < -0.4 is 11.1 Å². The van der Waals surface area contributed by atoms with Crippen molar-refractivity contribution < 1.29 is 4.79 Å². The van der Waals surface area contributed by atoms with E-state index in [2.05, 4.69) is 26.1 Å². The fraction of sp³-hybridized carbons (Fsp3) is 0.923. The topological polar surface area (TPSA) is 55.1 Å². The van der Waals surface area contributed by atoms with E-state index < -0.39 is 0 Å². The zero-order valence-electron chi connectivity index (χ0n) is 10.9. The zero-order valence-corrected chi connectivity index (χ0v) is 10.9. The number of carbonyl (C=O) groups is 1. The van der Waals surface area contributed by atoms with Crippen molar-refractivity contribution in [3.8, 4) is 0 Å². The van der Waals surface area contributed by atoms with Crippen LogP contribution >= 0.6 is 0 Å². The lowest BCUT2D eigenvalue weighted by Crippen LogP contribution is -2.43. The summed E-state index contributed by atoms with van der Waals surface area (Å²) in [6.07, 6.45) is 4.65. The quantitative estimate of drug-likeness (QED) is 0.769. The molecule has 0 bridgehead atoms. The van der Waals surface area contributed by atoms with Gasteiger partial charge in [0.15, 0.2) is 0 Å². The number of nitrogens with two attached hydrogens (primary N) is 1. The fourth-order valence-electron chi connectivity index (χ4n) is 2.46. The second kappa shape index (κ2) is 5.67. The molecule has 2 unspecified atom stereocenters. The van der Waals surface area contributed by atoms with Crippen LogP contribution in [0.25, 0.3) is 0 Å². The molecule has 0 saturated heterocycles. The molecular formula is C13H26N2O. The van der Waals surface area contributed by atoms with Gasteiger partial charge in [-0.2, -0.15) is 0 Å². The molecule has 1 saturated carbocycles. The van der Waals surface area contributed by atoms with Crippen molar-refractivity contribution in [1.82, 2.24) is 5.32 Å². The van der Waals surface area contributed by atoms with Crippen LogP contribution in [-0.4, -0.2) is 19.0 Å². The van der Waals surface area contributed by atoms with Crippen molar-refractivity contribution in [3.05, 3.63) is 0 Å². The Morgan fingerprint density at radius 1 is 1.50 bits per heavy atom. The van der Waals surface area contributed by atoms with Gasteiger partial charge in [-0.3, -0.25) is 4.79 Å². The lowest BCUT2D eigenvalue weighted by molar-refractivity contribution is -0.130. The third-order valence-electron chi connectivity index (χ3n) is 3.85. The molecule has 0 aromatic rings. The molecule has 3 N–H and O–H groups in total. The molecule has 3 nitrogen and oxygen atoms in total. The van der Waals surface area contributed by atoms with Gasteiger partial charge in [0, 0.05) is 12.5 Å². The summed E-state index contributed by atoms with van der Waals surface area (Å²) in [5, 5.41) is 3.04. The molecule has 3 heteroatoms. The second-order valence-corrected chi connectivity index (χ2v) is 5.87. The predicted octanol–water partition coefficient (Wildman–Crippen LogP) is 1.91. The van der Waals surface area contributed by atoms with Crippen LogP contribution in [0.2, 0.25) is 0 Å². The van der Waals surface area contributed by atoms with E-state index in [0.717, 1.165) is 12.8 Å². The molecule has 1 amide bonds. The summed E-state index contributed by atoms with van der Waals surface area (Å²) in [4.78, 5) is 12.1. The lowest BCUT2D eigenvalue weighted by atomic mass is 9.68. The summed E-state index contributed by atoms with van der Waals surface area (Å²) in [7, 11) is 0. The molecule has 0 radical (unpaired) electrons. The minimum atomic E-state index is 0.161. The number of carbonyl (C=O) groups excluding carboxylic acids is 1. The Labute approximate surface area is 99.2 Å². The van der Waals surface area contributed by atoms with Gasteiger partial charge in [-0.05, 0) is 30.7 Å². The maximum Gasteiger partial charge on any atom is 0.223 e. The van der Waals surface area contributed by atoms with E-state index in [0.29, 0.717) is 19.0 Å². The van der Waals surface area contributed by atoms with Crippen molar-refractivity contribution in [2.45, 2.75) is 46.5 Å². The van der Waals surface area contributed by atoms with E-state index >= 15 is 0 Å². The van der Waals surface area contributed by atoms with E-state index in [4.69, 9.17) is 5.73 Å². The fourth-order valence-corrected chi connectivity index (χ4v) is 2.46. The summed E-state index contributed by atoms with van der Waals surface area (Å²) >= 11 is 0. The Balaban J connectivity index is 2.46. The molecule has 0 aromatic carbocycles. The van der Waals surface area contributed by atoms with Crippen LogP contribution in [0.3, 0.4) is 0 Å². The molecule has 0 heterocycles. The van der Waals surface area contributed by atoms with Crippen LogP contribution in [0.5, 0.6) is 0 Å². The number of nitrogens with one attached hydrogen (secondary N) is 1. The first-order chi connectivity index (χ1) is 7.47. The molecule has 16 heavy (non-hydrogen) atoms. The van der Waals surface area contributed by atoms with Gasteiger partial charge in [-0.15, -0.1) is 0 Å². The second-order valence-electron chi connectivity index (χ2n) is 5.87. The third kappa shape index (κ3) is 3.48. The number of rotatable bonds is 4. The summed E-state index contributed by atoms with van der Waals surface area (Å²) < 4.78 is 0. The van der Waals surface area contributed by atoms with E-state index in [1.165, 1.54) is 12.8 Å². The first-order valence-electron chi connectivity index (χ1n) is 6.45. The molecule has 2 atom stereocenters.